The minimum atomic E-state index is -0.110. The van der Waals surface area contributed by atoms with Crippen molar-refractivity contribution in [2.75, 3.05) is 7.05 Å². The minimum Gasteiger partial charge on any atom is -0.394 e. The molecule has 0 aliphatic carbocycles. The summed E-state index contributed by atoms with van der Waals surface area (Å²) < 4.78 is 0. The van der Waals surface area contributed by atoms with Gasteiger partial charge in [0.25, 0.3) is 0 Å². The zero-order valence-corrected chi connectivity index (χ0v) is 13.8. The van der Waals surface area contributed by atoms with Gasteiger partial charge in [-0.15, -0.1) is 0 Å². The molecule has 0 aliphatic rings. The Morgan fingerprint density at radius 3 is 2.00 bits per heavy atom. The maximum atomic E-state index is 6.20. The van der Waals surface area contributed by atoms with E-state index in [-0.39, 0.29) is 6.04 Å². The predicted molar refractivity (Wildman–Crippen MR) is 102 cm³/mol. The van der Waals surface area contributed by atoms with Gasteiger partial charge < -0.3 is 11.1 Å². The van der Waals surface area contributed by atoms with Crippen LogP contribution in [0.25, 0.3) is 22.3 Å². The molecule has 0 fully saturated rings. The molecule has 0 amide bonds. The Balaban J connectivity index is 1.86. The van der Waals surface area contributed by atoms with Crippen molar-refractivity contribution in [1.29, 1.82) is 0 Å². The zero-order valence-electron chi connectivity index (χ0n) is 13.8. The molecular weight excluding hydrogens is 292 g/mol. The van der Waals surface area contributed by atoms with E-state index in [1.54, 1.807) is 0 Å². The Morgan fingerprint density at radius 1 is 0.750 bits per heavy atom. The van der Waals surface area contributed by atoms with Gasteiger partial charge in [0.2, 0.25) is 0 Å². The minimum absolute atomic E-state index is 0.110. The molecule has 1 unspecified atom stereocenters. The van der Waals surface area contributed by atoms with Crippen molar-refractivity contribution in [3.63, 3.8) is 0 Å². The van der Waals surface area contributed by atoms with Gasteiger partial charge in [0, 0.05) is 13.1 Å². The highest BCUT2D eigenvalue weighted by atomic mass is 14.8. The lowest BCUT2D eigenvalue weighted by Crippen LogP contribution is -2.08. The van der Waals surface area contributed by atoms with Crippen LogP contribution in [0.1, 0.15) is 11.6 Å². The van der Waals surface area contributed by atoms with E-state index in [0.717, 1.165) is 5.56 Å². The summed E-state index contributed by atoms with van der Waals surface area (Å²) in [4.78, 5) is 0. The summed E-state index contributed by atoms with van der Waals surface area (Å²) in [6.45, 7) is 0. The van der Waals surface area contributed by atoms with Gasteiger partial charge in [-0.3, -0.25) is 0 Å². The maximum Gasteiger partial charge on any atom is 0.0498 e. The lowest BCUT2D eigenvalue weighted by atomic mass is 9.97. The second-order valence-electron chi connectivity index (χ2n) is 5.74. The molecule has 2 nitrogen and oxygen atoms in total. The summed E-state index contributed by atoms with van der Waals surface area (Å²) in [5.74, 6) is 0. The molecule has 3 aromatic carbocycles. The third-order valence-corrected chi connectivity index (χ3v) is 4.07. The van der Waals surface area contributed by atoms with Crippen LogP contribution in [-0.4, -0.2) is 7.05 Å². The topological polar surface area (TPSA) is 38.0 Å². The van der Waals surface area contributed by atoms with Gasteiger partial charge in [0.1, 0.15) is 0 Å². The Morgan fingerprint density at radius 2 is 1.33 bits per heavy atom. The van der Waals surface area contributed by atoms with Crippen molar-refractivity contribution in [1.82, 2.24) is 5.32 Å². The van der Waals surface area contributed by atoms with E-state index in [1.165, 1.54) is 22.3 Å². The fraction of sp³-hybridized carbons (Fsp3) is 0.0909. The van der Waals surface area contributed by atoms with E-state index < -0.39 is 0 Å². The normalized spacial score (nSPS) is 12.2. The molecule has 0 heterocycles. The van der Waals surface area contributed by atoms with Crippen LogP contribution >= 0.6 is 0 Å². The van der Waals surface area contributed by atoms with Crippen LogP contribution in [-0.2, 0) is 0 Å². The quantitative estimate of drug-likeness (QED) is 0.713. The first-order valence-electron chi connectivity index (χ1n) is 8.13. The monoisotopic (exact) mass is 314 g/mol. The molecule has 3 N–H and O–H groups in total. The van der Waals surface area contributed by atoms with Crippen LogP contribution < -0.4 is 11.1 Å². The largest absolute Gasteiger partial charge is 0.394 e. The number of rotatable bonds is 5. The van der Waals surface area contributed by atoms with E-state index >= 15 is 0 Å². The number of nitrogens with one attached hydrogen (secondary N) is 1. The summed E-state index contributed by atoms with van der Waals surface area (Å²) in [5, 5.41) is 2.98. The molecule has 0 saturated heterocycles. The van der Waals surface area contributed by atoms with E-state index in [4.69, 9.17) is 5.73 Å². The predicted octanol–water partition coefficient (Wildman–Crippen LogP) is 4.75. The number of nitrogens with two attached hydrogens (primary N) is 1. The van der Waals surface area contributed by atoms with E-state index in [2.05, 4.69) is 78.1 Å². The molecule has 0 aliphatic heterocycles. The van der Waals surface area contributed by atoms with Crippen molar-refractivity contribution >= 4 is 0 Å². The number of hydrogen-bond donors (Lipinski definition) is 2. The van der Waals surface area contributed by atoms with Gasteiger partial charge in [-0.05, 0) is 46.2 Å². The lowest BCUT2D eigenvalue weighted by Gasteiger charge is -2.10. The molecule has 24 heavy (non-hydrogen) atoms. The first-order valence-corrected chi connectivity index (χ1v) is 8.13. The Labute approximate surface area is 143 Å². The molecule has 0 aromatic heterocycles. The van der Waals surface area contributed by atoms with Crippen molar-refractivity contribution in [2.45, 2.75) is 6.04 Å². The Kier molecular flexibility index (Phi) is 5.09. The molecule has 0 bridgehead atoms. The molecule has 1 atom stereocenters. The molecule has 3 aromatic rings. The molecule has 2 heteroatoms. The summed E-state index contributed by atoms with van der Waals surface area (Å²) in [6.07, 6.45) is 3.82. The fourth-order valence-corrected chi connectivity index (χ4v) is 2.72. The fourth-order valence-electron chi connectivity index (χ4n) is 2.72. The molecular formula is C22H22N2. The first kappa shape index (κ1) is 16.0. The highest BCUT2D eigenvalue weighted by Crippen LogP contribution is 2.26. The highest BCUT2D eigenvalue weighted by molar-refractivity contribution is 5.70. The van der Waals surface area contributed by atoms with E-state index in [0.29, 0.717) is 0 Å². The van der Waals surface area contributed by atoms with Gasteiger partial charge >= 0.3 is 0 Å². The second-order valence-corrected chi connectivity index (χ2v) is 5.74. The van der Waals surface area contributed by atoms with Gasteiger partial charge in [0.15, 0.2) is 0 Å². The Bertz CT molecular complexity index is 805. The molecule has 3 rings (SSSR count). The van der Waals surface area contributed by atoms with E-state index in [1.807, 2.05) is 25.4 Å². The average molecular weight is 314 g/mol. The third-order valence-electron chi connectivity index (χ3n) is 4.07. The van der Waals surface area contributed by atoms with Crippen molar-refractivity contribution < 1.29 is 0 Å². The molecule has 0 radical (unpaired) electrons. The van der Waals surface area contributed by atoms with Crippen LogP contribution in [0, 0.1) is 0 Å². The molecule has 120 valence electrons. The van der Waals surface area contributed by atoms with E-state index in [9.17, 15) is 0 Å². The summed E-state index contributed by atoms with van der Waals surface area (Å²) in [6, 6.07) is 27.4. The van der Waals surface area contributed by atoms with Crippen LogP contribution in [0.15, 0.2) is 91.1 Å². The third kappa shape index (κ3) is 3.73. The van der Waals surface area contributed by atoms with Gasteiger partial charge in [-0.25, -0.2) is 0 Å². The maximum absolute atomic E-state index is 6.20. The standard InChI is InChI=1S/C22H22N2/c1-24-15-14-22(23)21-9-5-8-20(16-21)19-12-10-18(11-13-19)17-6-3-2-4-7-17/h2-16,22,24H,23H2,1H3/b15-14-. The average Bonchev–Trinajstić information content (AvgIpc) is 2.67. The smallest absolute Gasteiger partial charge is 0.0498 e. The summed E-state index contributed by atoms with van der Waals surface area (Å²) in [7, 11) is 1.87. The first-order chi connectivity index (χ1) is 11.8. The summed E-state index contributed by atoms with van der Waals surface area (Å²) >= 11 is 0. The summed E-state index contributed by atoms with van der Waals surface area (Å²) in [5.41, 5.74) is 12.1. The van der Waals surface area contributed by atoms with Crippen LogP contribution in [0.5, 0.6) is 0 Å². The van der Waals surface area contributed by atoms with Gasteiger partial charge in [-0.1, -0.05) is 72.8 Å². The van der Waals surface area contributed by atoms with Crippen molar-refractivity contribution in [3.8, 4) is 22.3 Å². The molecule has 0 saturated carbocycles. The Hall–Kier alpha value is -2.84. The number of hydrogen-bond acceptors (Lipinski definition) is 2. The lowest BCUT2D eigenvalue weighted by molar-refractivity contribution is 0.897. The second kappa shape index (κ2) is 7.62. The van der Waals surface area contributed by atoms with Crippen LogP contribution in [0.3, 0.4) is 0 Å². The van der Waals surface area contributed by atoms with Crippen LogP contribution in [0.2, 0.25) is 0 Å². The highest BCUT2D eigenvalue weighted by Gasteiger charge is 2.05. The van der Waals surface area contributed by atoms with Gasteiger partial charge in [0.05, 0.1) is 0 Å². The van der Waals surface area contributed by atoms with Gasteiger partial charge in [-0.2, -0.15) is 0 Å². The van der Waals surface area contributed by atoms with Crippen LogP contribution in [0.4, 0.5) is 0 Å². The number of benzene rings is 3. The molecule has 0 spiro atoms. The van der Waals surface area contributed by atoms with Crippen molar-refractivity contribution in [2.24, 2.45) is 5.73 Å². The zero-order chi connectivity index (χ0) is 16.8. The van der Waals surface area contributed by atoms with Crippen molar-refractivity contribution in [3.05, 3.63) is 96.7 Å². The SMILES string of the molecule is CN/C=C\C(N)c1cccc(-c2ccc(-c3ccccc3)cc2)c1.